The second-order valence-electron chi connectivity index (χ2n) is 3.62. The van der Waals surface area contributed by atoms with Crippen molar-refractivity contribution < 1.29 is 13.2 Å². The van der Waals surface area contributed by atoms with E-state index in [2.05, 4.69) is 31.5 Å². The predicted molar refractivity (Wildman–Crippen MR) is 80.3 cm³/mol. The van der Waals surface area contributed by atoms with Crippen LogP contribution in [0, 0.1) is 0 Å². The first-order valence-corrected chi connectivity index (χ1v) is 8.32. The van der Waals surface area contributed by atoms with Crippen molar-refractivity contribution in [3.63, 3.8) is 0 Å². The van der Waals surface area contributed by atoms with E-state index in [-0.39, 0.29) is 4.90 Å². The van der Waals surface area contributed by atoms with E-state index < -0.39 is 16.1 Å². The summed E-state index contributed by atoms with van der Waals surface area (Å²) in [5.41, 5.74) is 0.436. The molecule has 2 aromatic rings. The van der Waals surface area contributed by atoms with Crippen LogP contribution in [-0.4, -0.2) is 19.4 Å². The fraction of sp³-hybridized carbons (Fsp3) is 0. The van der Waals surface area contributed by atoms with Crippen molar-refractivity contribution in [3.8, 4) is 0 Å². The number of benzene rings is 1. The van der Waals surface area contributed by atoms with E-state index in [1.54, 1.807) is 6.20 Å². The number of nitrogens with zero attached hydrogens (tertiary/aromatic N) is 1. The Hall–Kier alpha value is -1.49. The zero-order valence-electron chi connectivity index (χ0n) is 9.83. The predicted octanol–water partition coefficient (Wildman–Crippen LogP) is 2.20. The molecule has 106 valence electrons. The van der Waals surface area contributed by atoms with Crippen LogP contribution < -0.4 is 15.8 Å². The van der Waals surface area contributed by atoms with Crippen LogP contribution in [0.3, 0.4) is 0 Å². The minimum absolute atomic E-state index is 0.0210. The number of halogens is 1. The normalized spacial score (nSPS) is 11.1. The largest absolute Gasteiger partial charge is 0.325 e. The summed E-state index contributed by atoms with van der Waals surface area (Å²) < 4.78 is 22.9. The van der Waals surface area contributed by atoms with Crippen molar-refractivity contribution in [3.05, 3.63) is 34.2 Å². The molecule has 0 aliphatic rings. The lowest BCUT2D eigenvalue weighted by atomic mass is 10.3. The molecule has 0 unspecified atom stereocenters. The molecular weight excluding hydrogens is 368 g/mol. The number of urea groups is 1. The zero-order valence-corrected chi connectivity index (χ0v) is 13.0. The summed E-state index contributed by atoms with van der Waals surface area (Å²) in [5, 5.41) is 10.5. The number of hydrogen-bond acceptors (Lipinski definition) is 5. The van der Waals surface area contributed by atoms with Crippen LogP contribution in [0.1, 0.15) is 0 Å². The lowest BCUT2D eigenvalue weighted by Crippen LogP contribution is -2.19. The van der Waals surface area contributed by atoms with Gasteiger partial charge in [-0.05, 0) is 40.2 Å². The topological polar surface area (TPSA) is 114 Å². The highest BCUT2D eigenvalue weighted by atomic mass is 79.9. The molecule has 0 aliphatic carbocycles. The Kier molecular flexibility index (Phi) is 4.38. The molecule has 0 atom stereocenters. The second-order valence-corrected chi connectivity index (χ2v) is 7.59. The monoisotopic (exact) mass is 376 g/mol. The third-order valence-corrected chi connectivity index (χ3v) is 4.46. The van der Waals surface area contributed by atoms with Gasteiger partial charge in [0.2, 0.25) is 10.0 Å². The van der Waals surface area contributed by atoms with E-state index in [0.29, 0.717) is 10.8 Å². The van der Waals surface area contributed by atoms with Crippen LogP contribution in [0.15, 0.2) is 39.1 Å². The van der Waals surface area contributed by atoms with Gasteiger partial charge < -0.3 is 5.32 Å². The number of anilines is 2. The van der Waals surface area contributed by atoms with Crippen molar-refractivity contribution in [2.45, 2.75) is 4.90 Å². The van der Waals surface area contributed by atoms with Gasteiger partial charge in [0.05, 0.1) is 14.9 Å². The Bertz CT molecular complexity index is 727. The molecule has 1 aromatic heterocycles. The molecule has 20 heavy (non-hydrogen) atoms. The number of carbonyl (C=O) groups excluding carboxylic acids is 1. The Morgan fingerprint density at radius 3 is 2.40 bits per heavy atom. The van der Waals surface area contributed by atoms with Gasteiger partial charge >= 0.3 is 6.03 Å². The SMILES string of the molecule is NS(=O)(=O)c1ccc(NC(=O)Nc2ncc(Br)s2)cc1. The number of amides is 2. The fourth-order valence-corrected chi connectivity index (χ4v) is 2.92. The molecule has 1 heterocycles. The molecule has 0 saturated heterocycles. The molecule has 0 spiro atoms. The summed E-state index contributed by atoms with van der Waals surface area (Å²) >= 11 is 4.50. The smallest absolute Gasteiger partial charge is 0.308 e. The highest BCUT2D eigenvalue weighted by molar-refractivity contribution is 9.11. The lowest BCUT2D eigenvalue weighted by Gasteiger charge is -2.05. The van der Waals surface area contributed by atoms with E-state index >= 15 is 0 Å². The molecule has 0 fully saturated rings. The first kappa shape index (κ1) is 14.9. The maximum Gasteiger partial charge on any atom is 0.325 e. The van der Waals surface area contributed by atoms with Gasteiger partial charge in [0.25, 0.3) is 0 Å². The number of nitrogens with two attached hydrogens (primary N) is 1. The highest BCUT2D eigenvalue weighted by Gasteiger charge is 2.09. The van der Waals surface area contributed by atoms with Gasteiger partial charge in [-0.3, -0.25) is 5.32 Å². The van der Waals surface area contributed by atoms with Gasteiger partial charge in [-0.2, -0.15) is 0 Å². The minimum Gasteiger partial charge on any atom is -0.308 e. The molecular formula is C10H9BrN4O3S2. The van der Waals surface area contributed by atoms with Crippen molar-refractivity contribution >= 4 is 54.1 Å². The van der Waals surface area contributed by atoms with E-state index in [0.717, 1.165) is 3.79 Å². The molecule has 2 rings (SSSR count). The summed E-state index contributed by atoms with van der Waals surface area (Å²) in [6.45, 7) is 0. The molecule has 0 aliphatic heterocycles. The third-order valence-electron chi connectivity index (χ3n) is 2.14. The van der Waals surface area contributed by atoms with Crippen LogP contribution in [-0.2, 0) is 10.0 Å². The molecule has 10 heteroatoms. The quantitative estimate of drug-likeness (QED) is 0.761. The van der Waals surface area contributed by atoms with Gasteiger partial charge in [0.1, 0.15) is 0 Å². The highest BCUT2D eigenvalue weighted by Crippen LogP contribution is 2.23. The number of hydrogen-bond donors (Lipinski definition) is 3. The van der Waals surface area contributed by atoms with Crippen LogP contribution in [0.2, 0.25) is 0 Å². The number of aromatic nitrogens is 1. The Morgan fingerprint density at radius 1 is 1.25 bits per heavy atom. The average Bonchev–Trinajstić information content (AvgIpc) is 2.74. The van der Waals surface area contributed by atoms with Crippen LogP contribution in [0.4, 0.5) is 15.6 Å². The van der Waals surface area contributed by atoms with Gasteiger partial charge in [-0.1, -0.05) is 11.3 Å². The zero-order chi connectivity index (χ0) is 14.8. The van der Waals surface area contributed by atoms with E-state index in [9.17, 15) is 13.2 Å². The van der Waals surface area contributed by atoms with Crippen LogP contribution in [0.25, 0.3) is 0 Å². The van der Waals surface area contributed by atoms with E-state index in [1.807, 2.05) is 0 Å². The van der Waals surface area contributed by atoms with E-state index in [1.165, 1.54) is 35.6 Å². The fourth-order valence-electron chi connectivity index (χ4n) is 1.30. The van der Waals surface area contributed by atoms with Crippen LogP contribution >= 0.6 is 27.3 Å². The number of sulfonamides is 1. The van der Waals surface area contributed by atoms with Crippen molar-refractivity contribution in [1.82, 2.24) is 4.98 Å². The number of rotatable bonds is 3. The molecule has 0 saturated carbocycles. The lowest BCUT2D eigenvalue weighted by molar-refractivity contribution is 0.262. The Labute approximate surface area is 127 Å². The maximum absolute atomic E-state index is 11.7. The first-order chi connectivity index (χ1) is 9.34. The maximum atomic E-state index is 11.7. The van der Waals surface area contributed by atoms with Gasteiger partial charge in [0, 0.05) is 5.69 Å². The van der Waals surface area contributed by atoms with E-state index in [4.69, 9.17) is 5.14 Å². The molecule has 0 bridgehead atoms. The minimum atomic E-state index is -3.74. The molecule has 1 aromatic carbocycles. The third kappa shape index (κ3) is 4.00. The van der Waals surface area contributed by atoms with Crippen molar-refractivity contribution in [2.24, 2.45) is 5.14 Å². The van der Waals surface area contributed by atoms with Crippen molar-refractivity contribution in [1.29, 1.82) is 0 Å². The summed E-state index contributed by atoms with van der Waals surface area (Å²) in [6.07, 6.45) is 1.57. The summed E-state index contributed by atoms with van der Waals surface area (Å²) in [5.74, 6) is 0. The summed E-state index contributed by atoms with van der Waals surface area (Å²) in [7, 11) is -3.74. The number of thiazole rings is 1. The molecule has 2 amide bonds. The number of carbonyl (C=O) groups is 1. The molecule has 7 nitrogen and oxygen atoms in total. The summed E-state index contributed by atoms with van der Waals surface area (Å²) in [4.78, 5) is 15.6. The average molecular weight is 377 g/mol. The molecule has 4 N–H and O–H groups in total. The standard InChI is InChI=1S/C10H9BrN4O3S2/c11-8-5-13-10(19-8)15-9(16)14-6-1-3-7(4-2-6)20(12,17)18/h1-5H,(H2,12,17,18)(H2,13,14,15,16). The number of nitrogens with one attached hydrogen (secondary N) is 2. The van der Waals surface area contributed by atoms with Crippen LogP contribution in [0.5, 0.6) is 0 Å². The second kappa shape index (κ2) is 5.87. The Morgan fingerprint density at radius 2 is 1.90 bits per heavy atom. The first-order valence-electron chi connectivity index (χ1n) is 5.17. The summed E-state index contributed by atoms with van der Waals surface area (Å²) in [6, 6.07) is 5.03. The van der Waals surface area contributed by atoms with Gasteiger partial charge in [-0.15, -0.1) is 0 Å². The molecule has 0 radical (unpaired) electrons. The van der Waals surface area contributed by atoms with Gasteiger partial charge in [-0.25, -0.2) is 23.3 Å². The number of primary sulfonamides is 1. The van der Waals surface area contributed by atoms with Crippen molar-refractivity contribution in [2.75, 3.05) is 10.6 Å². The Balaban J connectivity index is 2.01. The van der Waals surface area contributed by atoms with Gasteiger partial charge in [0.15, 0.2) is 5.13 Å².